The summed E-state index contributed by atoms with van der Waals surface area (Å²) < 4.78 is 4.64. The molecule has 12 heavy (non-hydrogen) atoms. The quantitative estimate of drug-likeness (QED) is 0.206. The summed E-state index contributed by atoms with van der Waals surface area (Å²) in [5.74, 6) is 1.61. The van der Waals surface area contributed by atoms with E-state index in [9.17, 15) is 4.79 Å². The lowest BCUT2D eigenvalue weighted by atomic mass is 10.1. The van der Waals surface area contributed by atoms with Gasteiger partial charge in [-0.3, -0.25) is 4.79 Å². The van der Waals surface area contributed by atoms with E-state index in [4.69, 9.17) is 6.42 Å². The van der Waals surface area contributed by atoms with Crippen molar-refractivity contribution in [2.75, 3.05) is 7.11 Å². The Kier molecular flexibility index (Phi) is 5.12. The molecule has 0 aromatic heterocycles. The Morgan fingerprint density at radius 2 is 2.33 bits per heavy atom. The second kappa shape index (κ2) is 5.99. The monoisotopic (exact) mass is 162 g/mol. The van der Waals surface area contributed by atoms with Crippen LogP contribution in [0.2, 0.25) is 0 Å². The highest BCUT2D eigenvalue weighted by Gasteiger charge is 1.99. The minimum absolute atomic E-state index is 0.384. The lowest BCUT2D eigenvalue weighted by Crippen LogP contribution is -1.95. The van der Waals surface area contributed by atoms with E-state index in [1.54, 1.807) is 0 Å². The number of rotatable bonds is 4. The van der Waals surface area contributed by atoms with E-state index in [0.29, 0.717) is 5.57 Å². The van der Waals surface area contributed by atoms with Gasteiger partial charge in [0.05, 0.1) is 13.4 Å². The van der Waals surface area contributed by atoms with Crippen LogP contribution in [0.3, 0.4) is 0 Å². The number of hydrogen-bond acceptors (Lipinski definition) is 2. The van der Waals surface area contributed by atoms with Crippen LogP contribution in [-0.4, -0.2) is 12.9 Å². The van der Waals surface area contributed by atoms with Gasteiger partial charge in [-0.25, -0.2) is 0 Å². The zero-order chi connectivity index (χ0) is 9.40. The van der Waals surface area contributed by atoms with Gasteiger partial charge < -0.3 is 4.74 Å². The average molecular weight is 162 g/mol. The Bertz CT molecular complexity index is 264. The van der Waals surface area contributed by atoms with Gasteiger partial charge in [0.15, 0.2) is 0 Å². The van der Waals surface area contributed by atoms with Crippen molar-refractivity contribution >= 4 is 5.78 Å². The maximum Gasteiger partial charge on any atom is 0.235 e. The first-order valence-corrected chi connectivity index (χ1v) is 3.29. The largest absolute Gasteiger partial charge is 0.504 e. The molecule has 0 saturated heterocycles. The molecule has 0 aliphatic carbocycles. The molecule has 0 unspecified atom stereocenters. The zero-order valence-corrected chi connectivity index (χ0v) is 6.91. The van der Waals surface area contributed by atoms with Crippen molar-refractivity contribution in [3.63, 3.8) is 0 Å². The molecule has 0 aliphatic heterocycles. The fourth-order valence-electron chi connectivity index (χ4n) is 0.559. The third kappa shape index (κ3) is 3.43. The topological polar surface area (TPSA) is 26.3 Å². The minimum atomic E-state index is -0.386. The maximum atomic E-state index is 10.9. The molecule has 0 bridgehead atoms. The fourth-order valence-corrected chi connectivity index (χ4v) is 0.559. The van der Waals surface area contributed by atoms with E-state index < -0.39 is 0 Å². The molecule has 0 radical (unpaired) electrons. The third-order valence-electron chi connectivity index (χ3n) is 1.07. The second-order valence-corrected chi connectivity index (χ2v) is 1.87. The van der Waals surface area contributed by atoms with Gasteiger partial charge in [0.2, 0.25) is 5.78 Å². The number of carbonyl (C=O) groups is 1. The lowest BCUT2D eigenvalue weighted by molar-refractivity contribution is -0.110. The van der Waals surface area contributed by atoms with Gasteiger partial charge in [-0.2, -0.15) is 0 Å². The number of ether oxygens (including phenoxy) is 1. The molecule has 0 saturated carbocycles. The predicted molar refractivity (Wildman–Crippen MR) is 48.3 cm³/mol. The van der Waals surface area contributed by atoms with Crippen LogP contribution in [0.15, 0.2) is 36.6 Å². The molecule has 2 nitrogen and oxygen atoms in total. The van der Waals surface area contributed by atoms with Crippen molar-refractivity contribution in [1.29, 1.82) is 0 Å². The second-order valence-electron chi connectivity index (χ2n) is 1.87. The van der Waals surface area contributed by atoms with Crippen LogP contribution in [0.4, 0.5) is 0 Å². The van der Waals surface area contributed by atoms with Gasteiger partial charge in [-0.05, 0) is 12.0 Å². The summed E-state index contributed by atoms with van der Waals surface area (Å²) in [5.41, 5.74) is 0.384. The molecule has 0 atom stereocenters. The summed E-state index contributed by atoms with van der Waals surface area (Å²) in [4.78, 5) is 10.9. The molecule has 0 aromatic carbocycles. The maximum absolute atomic E-state index is 10.9. The van der Waals surface area contributed by atoms with Crippen LogP contribution in [0.5, 0.6) is 0 Å². The third-order valence-corrected chi connectivity index (χ3v) is 1.07. The Labute approximate surface area is 72.2 Å². The van der Waals surface area contributed by atoms with Gasteiger partial charge in [-0.1, -0.05) is 18.7 Å². The van der Waals surface area contributed by atoms with E-state index in [1.165, 1.54) is 31.6 Å². The predicted octanol–water partition coefficient (Wildman–Crippen LogP) is 1.46. The van der Waals surface area contributed by atoms with Gasteiger partial charge in [0, 0.05) is 5.57 Å². The molecule has 0 rings (SSSR count). The first kappa shape index (κ1) is 10.2. The molecular weight excluding hydrogens is 152 g/mol. The van der Waals surface area contributed by atoms with Crippen molar-refractivity contribution in [3.05, 3.63) is 36.6 Å². The molecule has 0 aliphatic rings. The van der Waals surface area contributed by atoms with Gasteiger partial charge >= 0.3 is 0 Å². The molecule has 62 valence electrons. The SMILES string of the molecule is C#CC(=O)C(/C=C\OC)=C/C=C. The standard InChI is InChI=1S/C10H10O2/c1-4-6-9(7-8-12-3)10(11)5-2/h2,4,6-8H,1H2,3H3/b8-7-,9-6+. The van der Waals surface area contributed by atoms with E-state index >= 15 is 0 Å². The summed E-state index contributed by atoms with van der Waals surface area (Å²) in [6.45, 7) is 3.45. The minimum Gasteiger partial charge on any atom is -0.504 e. The summed E-state index contributed by atoms with van der Waals surface area (Å²) in [7, 11) is 1.49. The van der Waals surface area contributed by atoms with Crippen molar-refractivity contribution in [2.45, 2.75) is 0 Å². The summed E-state index contributed by atoms with van der Waals surface area (Å²) >= 11 is 0. The van der Waals surface area contributed by atoms with Crippen molar-refractivity contribution in [2.24, 2.45) is 0 Å². The van der Waals surface area contributed by atoms with Crippen molar-refractivity contribution < 1.29 is 9.53 Å². The smallest absolute Gasteiger partial charge is 0.235 e. The number of hydrogen-bond donors (Lipinski definition) is 0. The van der Waals surface area contributed by atoms with E-state index in [1.807, 2.05) is 5.92 Å². The first-order valence-electron chi connectivity index (χ1n) is 3.29. The van der Waals surface area contributed by atoms with Crippen LogP contribution in [-0.2, 0) is 9.53 Å². The molecule has 0 N–H and O–H groups in total. The number of terminal acetylenes is 1. The number of ketones is 1. The normalized spacial score (nSPS) is 10.8. The van der Waals surface area contributed by atoms with Crippen LogP contribution < -0.4 is 0 Å². The van der Waals surface area contributed by atoms with Crippen molar-refractivity contribution in [3.8, 4) is 12.3 Å². The Balaban J connectivity index is 4.58. The molecule has 0 amide bonds. The number of allylic oxidation sites excluding steroid dienone is 4. The van der Waals surface area contributed by atoms with E-state index in [-0.39, 0.29) is 5.78 Å². The highest BCUT2D eigenvalue weighted by molar-refractivity contribution is 6.10. The van der Waals surface area contributed by atoms with Gasteiger partial charge in [-0.15, -0.1) is 6.42 Å². The zero-order valence-electron chi connectivity index (χ0n) is 6.91. The Morgan fingerprint density at radius 3 is 2.75 bits per heavy atom. The van der Waals surface area contributed by atoms with E-state index in [0.717, 1.165) is 0 Å². The molecule has 0 aromatic rings. The summed E-state index contributed by atoms with van der Waals surface area (Å²) in [6.07, 6.45) is 10.8. The van der Waals surface area contributed by atoms with Gasteiger partial charge in [0.25, 0.3) is 0 Å². The molecule has 0 spiro atoms. The highest BCUT2D eigenvalue weighted by Crippen LogP contribution is 1.98. The summed E-state index contributed by atoms with van der Waals surface area (Å²) in [6, 6.07) is 0. The number of Topliss-reactive ketones (excluding diaryl/α,β-unsaturated/α-hetero) is 1. The summed E-state index contributed by atoms with van der Waals surface area (Å²) in [5, 5.41) is 0. The van der Waals surface area contributed by atoms with Crippen LogP contribution in [0.1, 0.15) is 0 Å². The molecule has 0 fully saturated rings. The van der Waals surface area contributed by atoms with Crippen LogP contribution >= 0.6 is 0 Å². The molecule has 0 heterocycles. The van der Waals surface area contributed by atoms with E-state index in [2.05, 4.69) is 11.3 Å². The van der Waals surface area contributed by atoms with Crippen LogP contribution in [0.25, 0.3) is 0 Å². The number of carbonyl (C=O) groups excluding carboxylic acids is 1. The van der Waals surface area contributed by atoms with Crippen molar-refractivity contribution in [1.82, 2.24) is 0 Å². The number of methoxy groups -OCH3 is 1. The Morgan fingerprint density at radius 1 is 1.67 bits per heavy atom. The lowest BCUT2D eigenvalue weighted by Gasteiger charge is -1.91. The van der Waals surface area contributed by atoms with Gasteiger partial charge in [0.1, 0.15) is 0 Å². The average Bonchev–Trinajstić information content (AvgIpc) is 2.11. The Hall–Kier alpha value is -1.75. The first-order chi connectivity index (χ1) is 5.76. The highest BCUT2D eigenvalue weighted by atomic mass is 16.5. The fraction of sp³-hybridized carbons (Fsp3) is 0.100. The molecule has 2 heteroatoms. The molecular formula is C10H10O2. The van der Waals surface area contributed by atoms with Crippen LogP contribution in [0, 0.1) is 12.3 Å².